The van der Waals surface area contributed by atoms with Gasteiger partial charge in [0.15, 0.2) is 23.1 Å². The molecule has 3 saturated heterocycles. The Hall–Kier alpha value is -3.16. The van der Waals surface area contributed by atoms with Crippen LogP contribution in [0.5, 0.6) is 11.5 Å². The molecule has 3 fully saturated rings. The van der Waals surface area contributed by atoms with Gasteiger partial charge in [-0.3, -0.25) is 9.59 Å². The summed E-state index contributed by atoms with van der Waals surface area (Å²) in [5.41, 5.74) is 2.49. The molecule has 2 aromatic rings. The highest BCUT2D eigenvalue weighted by Gasteiger charge is 2.63. The summed E-state index contributed by atoms with van der Waals surface area (Å²) in [5.74, 6) is 0.229. The number of nitrogens with zero attached hydrogens (tertiary/aromatic N) is 1. The van der Waals surface area contributed by atoms with E-state index in [-0.39, 0.29) is 35.5 Å². The monoisotopic (exact) mass is 433 g/mol. The molecule has 0 saturated carbocycles. The fourth-order valence-electron chi connectivity index (χ4n) is 5.74. The van der Waals surface area contributed by atoms with Crippen molar-refractivity contribution in [2.75, 3.05) is 25.7 Å². The van der Waals surface area contributed by atoms with Crippen molar-refractivity contribution < 1.29 is 28.5 Å². The van der Waals surface area contributed by atoms with Gasteiger partial charge in [0.05, 0.1) is 44.9 Å². The Kier molecular flexibility index (Phi) is 4.38. The molecule has 0 unspecified atom stereocenters. The van der Waals surface area contributed by atoms with Gasteiger partial charge in [0, 0.05) is 17.2 Å². The Morgan fingerprint density at radius 2 is 1.91 bits per heavy atom. The number of para-hydroxylation sites is 1. The molecule has 0 N–H and O–H groups in total. The maximum absolute atomic E-state index is 14.0. The molecular weight excluding hydrogens is 410 g/mol. The van der Waals surface area contributed by atoms with E-state index in [1.54, 1.807) is 32.4 Å². The molecule has 6 atom stereocenters. The molecule has 0 aromatic heterocycles. The number of anilines is 1. The molecule has 0 radical (unpaired) electrons. The van der Waals surface area contributed by atoms with Gasteiger partial charge >= 0.3 is 0 Å². The number of Topliss-reactive ketones (excluding diaryl/α,β-unsaturated/α-hetero) is 2. The first-order chi connectivity index (χ1) is 15.6. The molecule has 32 heavy (non-hydrogen) atoms. The van der Waals surface area contributed by atoms with E-state index in [0.29, 0.717) is 23.7 Å². The van der Waals surface area contributed by atoms with Crippen LogP contribution in [0.4, 0.5) is 5.69 Å². The largest absolute Gasteiger partial charge is 0.493 e. The minimum Gasteiger partial charge on any atom is -0.493 e. The quantitative estimate of drug-likeness (QED) is 0.687. The average Bonchev–Trinajstić information content (AvgIpc) is 3.43. The minimum atomic E-state index is -0.830. The summed E-state index contributed by atoms with van der Waals surface area (Å²) in [6.07, 6.45) is 2.96. The predicted octanol–water partition coefficient (Wildman–Crippen LogP) is 2.73. The van der Waals surface area contributed by atoms with Crippen molar-refractivity contribution in [1.82, 2.24) is 0 Å². The maximum Gasteiger partial charge on any atom is 0.218 e. The number of rotatable bonds is 4. The van der Waals surface area contributed by atoms with Gasteiger partial charge in [0.1, 0.15) is 0 Å². The third kappa shape index (κ3) is 2.61. The van der Waals surface area contributed by atoms with Gasteiger partial charge < -0.3 is 23.8 Å². The second kappa shape index (κ2) is 7.18. The van der Waals surface area contributed by atoms with Crippen LogP contribution in [-0.4, -0.2) is 56.9 Å². The van der Waals surface area contributed by atoms with Crippen LogP contribution in [0.3, 0.4) is 0 Å². The number of carbonyl (C=O) groups excluding carboxylic acids is 2. The smallest absolute Gasteiger partial charge is 0.218 e. The van der Waals surface area contributed by atoms with Gasteiger partial charge in [-0.1, -0.05) is 30.4 Å². The molecule has 0 aliphatic carbocycles. The van der Waals surface area contributed by atoms with Crippen molar-refractivity contribution in [2.24, 2.45) is 11.8 Å². The second-order valence-electron chi connectivity index (χ2n) is 8.54. The van der Waals surface area contributed by atoms with Gasteiger partial charge in [0.2, 0.25) is 6.29 Å². The zero-order valence-electron chi connectivity index (χ0n) is 17.8. The molecule has 4 aliphatic heterocycles. The second-order valence-corrected chi connectivity index (χ2v) is 8.54. The number of fused-ring (bicyclic) bond motifs is 8. The predicted molar refractivity (Wildman–Crippen MR) is 116 cm³/mol. The van der Waals surface area contributed by atoms with Crippen LogP contribution in [-0.2, 0) is 14.3 Å². The highest BCUT2D eigenvalue weighted by atomic mass is 16.7. The van der Waals surface area contributed by atoms with E-state index >= 15 is 0 Å². The molecule has 7 nitrogen and oxygen atoms in total. The number of carbonyl (C=O) groups is 2. The van der Waals surface area contributed by atoms with Crippen molar-refractivity contribution in [3.8, 4) is 11.5 Å². The van der Waals surface area contributed by atoms with E-state index in [1.807, 2.05) is 36.4 Å². The minimum absolute atomic E-state index is 0.0738. The van der Waals surface area contributed by atoms with E-state index in [4.69, 9.17) is 18.9 Å². The van der Waals surface area contributed by atoms with E-state index in [1.165, 1.54) is 0 Å². The standard InChI is InChI=1S/C25H23NO6/c1-29-17-10-8-14(11-18(17)30-2)23(27)22-21-19-12-31-25(32-19)24(28)20(21)16-9-7-13-5-3-4-6-15(13)26(16)22/h3-11,16,19-22,25H,12H2,1-2H3/t16-,19+,20-,21-,22+,25+/m1/s1. The number of hydrogen-bond acceptors (Lipinski definition) is 7. The molecule has 2 bridgehead atoms. The van der Waals surface area contributed by atoms with Crippen molar-refractivity contribution in [3.05, 3.63) is 59.7 Å². The summed E-state index contributed by atoms with van der Waals surface area (Å²) in [6, 6.07) is 12.4. The van der Waals surface area contributed by atoms with E-state index in [0.717, 1.165) is 11.3 Å². The van der Waals surface area contributed by atoms with Gasteiger partial charge in [-0.25, -0.2) is 0 Å². The molecule has 0 spiro atoms. The fraction of sp³-hybridized carbons (Fsp3) is 0.360. The first kappa shape index (κ1) is 19.5. The lowest BCUT2D eigenvalue weighted by molar-refractivity contribution is -0.163. The highest BCUT2D eigenvalue weighted by molar-refractivity contribution is 6.05. The number of ketones is 2. The Balaban J connectivity index is 1.49. The van der Waals surface area contributed by atoms with Crippen molar-refractivity contribution in [2.45, 2.75) is 24.5 Å². The third-order valence-electron chi connectivity index (χ3n) is 7.09. The summed E-state index contributed by atoms with van der Waals surface area (Å²) in [4.78, 5) is 29.4. The lowest BCUT2D eigenvalue weighted by Crippen LogP contribution is -2.48. The van der Waals surface area contributed by atoms with Crippen LogP contribution < -0.4 is 14.4 Å². The normalized spacial score (nSPS) is 31.7. The summed E-state index contributed by atoms with van der Waals surface area (Å²) in [6.45, 7) is 0.319. The highest BCUT2D eigenvalue weighted by Crippen LogP contribution is 2.51. The summed E-state index contributed by atoms with van der Waals surface area (Å²) < 4.78 is 22.3. The molecule has 164 valence electrons. The first-order valence-electron chi connectivity index (χ1n) is 10.7. The SMILES string of the molecule is COc1ccc(C(=O)[C@@H]2[C@H]3[C@H](C(=O)[C@H]4OC[C@@H]3O4)[C@H]3C=Cc4ccccc4N32)cc1OC. The average molecular weight is 433 g/mol. The molecule has 0 amide bonds. The number of ether oxygens (including phenoxy) is 4. The molecule has 7 heteroatoms. The van der Waals surface area contributed by atoms with Gasteiger partial charge in [-0.15, -0.1) is 0 Å². The van der Waals surface area contributed by atoms with Gasteiger partial charge in [-0.05, 0) is 29.8 Å². The van der Waals surface area contributed by atoms with Gasteiger partial charge in [-0.2, -0.15) is 0 Å². The van der Waals surface area contributed by atoms with Crippen molar-refractivity contribution in [3.63, 3.8) is 0 Å². The number of hydrogen-bond donors (Lipinski definition) is 0. The Morgan fingerprint density at radius 3 is 2.72 bits per heavy atom. The topological polar surface area (TPSA) is 74.3 Å². The third-order valence-corrected chi connectivity index (χ3v) is 7.09. The summed E-state index contributed by atoms with van der Waals surface area (Å²) >= 11 is 0. The maximum atomic E-state index is 14.0. The van der Waals surface area contributed by atoms with Crippen molar-refractivity contribution in [1.29, 1.82) is 0 Å². The molecular formula is C25H23NO6. The Labute approximate surface area is 185 Å². The molecule has 4 heterocycles. The Morgan fingerprint density at radius 1 is 1.09 bits per heavy atom. The van der Waals surface area contributed by atoms with E-state index in [2.05, 4.69) is 4.90 Å². The van der Waals surface area contributed by atoms with Crippen LogP contribution in [0.15, 0.2) is 48.5 Å². The summed E-state index contributed by atoms with van der Waals surface area (Å²) in [7, 11) is 3.10. The zero-order valence-corrected chi connectivity index (χ0v) is 17.8. The van der Waals surface area contributed by atoms with Crippen molar-refractivity contribution >= 4 is 23.3 Å². The fourth-order valence-corrected chi connectivity index (χ4v) is 5.74. The Bertz CT molecular complexity index is 1140. The zero-order chi connectivity index (χ0) is 22.0. The van der Waals surface area contributed by atoms with Crippen LogP contribution in [0.25, 0.3) is 6.08 Å². The van der Waals surface area contributed by atoms with Crippen LogP contribution >= 0.6 is 0 Å². The molecule has 2 aromatic carbocycles. The van der Waals surface area contributed by atoms with Crippen LogP contribution in [0, 0.1) is 11.8 Å². The van der Waals surface area contributed by atoms with Crippen LogP contribution in [0.2, 0.25) is 0 Å². The lowest BCUT2D eigenvalue weighted by atomic mass is 9.77. The summed E-state index contributed by atoms with van der Waals surface area (Å²) in [5, 5.41) is 0. The van der Waals surface area contributed by atoms with E-state index < -0.39 is 12.3 Å². The number of methoxy groups -OCH3 is 2. The molecule has 6 rings (SSSR count). The molecule has 4 aliphatic rings. The number of benzene rings is 2. The lowest BCUT2D eigenvalue weighted by Gasteiger charge is -2.35. The van der Waals surface area contributed by atoms with Gasteiger partial charge in [0.25, 0.3) is 0 Å². The van der Waals surface area contributed by atoms with E-state index in [9.17, 15) is 9.59 Å². The van der Waals surface area contributed by atoms with Crippen LogP contribution in [0.1, 0.15) is 15.9 Å². The first-order valence-corrected chi connectivity index (χ1v) is 10.7.